The molecule has 0 aliphatic heterocycles. The predicted molar refractivity (Wildman–Crippen MR) is 82.4 cm³/mol. The van der Waals surface area contributed by atoms with Gasteiger partial charge < -0.3 is 16.0 Å². The molecule has 110 valence electrons. The number of pyridine rings is 1. The van der Waals surface area contributed by atoms with Crippen LogP contribution in [0.3, 0.4) is 0 Å². The van der Waals surface area contributed by atoms with Gasteiger partial charge in [-0.25, -0.2) is 9.97 Å². The molecule has 4 N–H and O–H groups in total. The molecule has 3 aromatic rings. The Bertz CT molecular complexity index is 886. The average molecular weight is 295 g/mol. The van der Waals surface area contributed by atoms with Gasteiger partial charge in [-0.3, -0.25) is 9.59 Å². The standard InChI is InChI=1S/C15H13N5O2/c16-6-9-1-3-11(4-2-9)20-14(21)10-5-12-13(17-7-10)18-8-19-15(12)22/h1-5,7-8H,6,16H2,(H,20,21)(H,17,18,19,22). The van der Waals surface area contributed by atoms with Gasteiger partial charge in [0.05, 0.1) is 17.3 Å². The molecular weight excluding hydrogens is 282 g/mol. The summed E-state index contributed by atoms with van der Waals surface area (Å²) < 4.78 is 0. The molecule has 0 radical (unpaired) electrons. The van der Waals surface area contributed by atoms with E-state index in [4.69, 9.17) is 5.73 Å². The minimum atomic E-state index is -0.349. The van der Waals surface area contributed by atoms with E-state index in [2.05, 4.69) is 20.3 Å². The van der Waals surface area contributed by atoms with Crippen molar-refractivity contribution in [2.45, 2.75) is 6.54 Å². The first-order valence-electron chi connectivity index (χ1n) is 6.61. The van der Waals surface area contributed by atoms with E-state index < -0.39 is 0 Å². The topological polar surface area (TPSA) is 114 Å². The second-order valence-electron chi connectivity index (χ2n) is 4.68. The fourth-order valence-corrected chi connectivity index (χ4v) is 2.01. The van der Waals surface area contributed by atoms with E-state index in [0.29, 0.717) is 17.9 Å². The van der Waals surface area contributed by atoms with Gasteiger partial charge in [0.1, 0.15) is 0 Å². The van der Waals surface area contributed by atoms with Crippen molar-refractivity contribution in [3.05, 3.63) is 64.3 Å². The Morgan fingerprint density at radius 1 is 1.23 bits per heavy atom. The van der Waals surface area contributed by atoms with Crippen LogP contribution in [0.5, 0.6) is 0 Å². The van der Waals surface area contributed by atoms with E-state index in [0.717, 1.165) is 5.56 Å². The minimum absolute atomic E-state index is 0.272. The van der Waals surface area contributed by atoms with Gasteiger partial charge in [0.15, 0.2) is 5.65 Å². The van der Waals surface area contributed by atoms with Crippen LogP contribution in [-0.2, 0) is 6.54 Å². The Morgan fingerprint density at radius 3 is 2.73 bits per heavy atom. The number of rotatable bonds is 3. The van der Waals surface area contributed by atoms with Crippen LogP contribution in [0.25, 0.3) is 11.0 Å². The van der Waals surface area contributed by atoms with Gasteiger partial charge in [-0.05, 0) is 23.8 Å². The summed E-state index contributed by atoms with van der Waals surface area (Å²) in [6.45, 7) is 0.443. The molecule has 0 bridgehead atoms. The molecule has 22 heavy (non-hydrogen) atoms. The summed E-state index contributed by atoms with van der Waals surface area (Å²) in [7, 11) is 0. The minimum Gasteiger partial charge on any atom is -0.326 e. The molecular formula is C15H13N5O2. The molecule has 7 nitrogen and oxygen atoms in total. The second-order valence-corrected chi connectivity index (χ2v) is 4.68. The lowest BCUT2D eigenvalue weighted by Crippen LogP contribution is -2.14. The van der Waals surface area contributed by atoms with Crippen LogP contribution >= 0.6 is 0 Å². The van der Waals surface area contributed by atoms with Crippen LogP contribution < -0.4 is 16.6 Å². The maximum atomic E-state index is 12.2. The molecule has 3 rings (SSSR count). The molecule has 2 aromatic heterocycles. The van der Waals surface area contributed by atoms with Crippen LogP contribution in [0, 0.1) is 0 Å². The molecule has 0 aliphatic carbocycles. The van der Waals surface area contributed by atoms with Crippen molar-refractivity contribution in [3.63, 3.8) is 0 Å². The zero-order chi connectivity index (χ0) is 15.5. The van der Waals surface area contributed by atoms with Crippen LogP contribution in [0.4, 0.5) is 5.69 Å². The van der Waals surface area contributed by atoms with E-state index in [1.54, 1.807) is 12.1 Å². The van der Waals surface area contributed by atoms with Crippen LogP contribution in [0.1, 0.15) is 15.9 Å². The molecule has 0 saturated heterocycles. The number of benzene rings is 1. The van der Waals surface area contributed by atoms with Crippen LogP contribution in [0.2, 0.25) is 0 Å². The monoisotopic (exact) mass is 295 g/mol. The summed E-state index contributed by atoms with van der Waals surface area (Å²) in [5.41, 5.74) is 7.39. The van der Waals surface area contributed by atoms with Crippen molar-refractivity contribution >= 4 is 22.6 Å². The molecule has 1 aromatic carbocycles. The Kier molecular flexibility index (Phi) is 3.63. The number of amides is 1. The summed E-state index contributed by atoms with van der Waals surface area (Å²) in [6, 6.07) is 8.68. The highest BCUT2D eigenvalue weighted by atomic mass is 16.1. The largest absolute Gasteiger partial charge is 0.326 e. The first-order valence-corrected chi connectivity index (χ1v) is 6.61. The third kappa shape index (κ3) is 2.70. The summed E-state index contributed by atoms with van der Waals surface area (Å²) in [5, 5.41) is 3.01. The van der Waals surface area contributed by atoms with Gasteiger partial charge in [-0.15, -0.1) is 0 Å². The van der Waals surface area contributed by atoms with Crippen molar-refractivity contribution < 1.29 is 4.79 Å². The smallest absolute Gasteiger partial charge is 0.260 e. The zero-order valence-corrected chi connectivity index (χ0v) is 11.5. The molecule has 2 heterocycles. The SMILES string of the molecule is NCc1ccc(NC(=O)c2cnc3nc[nH]c(=O)c3c2)cc1. The molecule has 0 atom stereocenters. The summed E-state index contributed by atoms with van der Waals surface area (Å²) in [5.74, 6) is -0.349. The average Bonchev–Trinajstić information content (AvgIpc) is 2.55. The van der Waals surface area contributed by atoms with Crippen molar-refractivity contribution in [2.75, 3.05) is 5.32 Å². The zero-order valence-electron chi connectivity index (χ0n) is 11.5. The maximum absolute atomic E-state index is 12.2. The maximum Gasteiger partial charge on any atom is 0.260 e. The number of nitrogens with two attached hydrogens (primary N) is 1. The number of carbonyl (C=O) groups excluding carboxylic acids is 1. The third-order valence-corrected chi connectivity index (χ3v) is 3.20. The van der Waals surface area contributed by atoms with E-state index >= 15 is 0 Å². The quantitative estimate of drug-likeness (QED) is 0.667. The van der Waals surface area contributed by atoms with Gasteiger partial charge in [0.2, 0.25) is 0 Å². The van der Waals surface area contributed by atoms with E-state index in [9.17, 15) is 9.59 Å². The fraction of sp³-hybridized carbons (Fsp3) is 0.0667. The number of nitrogens with one attached hydrogen (secondary N) is 2. The first kappa shape index (κ1) is 13.9. The van der Waals surface area contributed by atoms with Gasteiger partial charge in [0.25, 0.3) is 11.5 Å². The fourth-order valence-electron chi connectivity index (χ4n) is 2.01. The highest BCUT2D eigenvalue weighted by Gasteiger charge is 2.10. The van der Waals surface area contributed by atoms with Crippen LogP contribution in [-0.4, -0.2) is 20.9 Å². The van der Waals surface area contributed by atoms with Gasteiger partial charge in [0, 0.05) is 18.4 Å². The highest BCUT2D eigenvalue weighted by molar-refractivity contribution is 6.05. The van der Waals surface area contributed by atoms with Crippen molar-refractivity contribution in [2.24, 2.45) is 5.73 Å². The summed E-state index contributed by atoms with van der Waals surface area (Å²) >= 11 is 0. The number of anilines is 1. The molecule has 0 fully saturated rings. The molecule has 0 unspecified atom stereocenters. The Morgan fingerprint density at radius 2 is 2.00 bits per heavy atom. The molecule has 0 spiro atoms. The van der Waals surface area contributed by atoms with Crippen molar-refractivity contribution in [3.8, 4) is 0 Å². The van der Waals surface area contributed by atoms with E-state index in [1.165, 1.54) is 18.6 Å². The molecule has 0 aliphatic rings. The van der Waals surface area contributed by atoms with Gasteiger partial charge in [-0.2, -0.15) is 0 Å². The number of aromatic amines is 1. The summed E-state index contributed by atoms with van der Waals surface area (Å²) in [4.78, 5) is 34.3. The van der Waals surface area contributed by atoms with Crippen molar-refractivity contribution in [1.82, 2.24) is 15.0 Å². The lowest BCUT2D eigenvalue weighted by molar-refractivity contribution is 0.102. The molecule has 0 saturated carbocycles. The third-order valence-electron chi connectivity index (χ3n) is 3.20. The normalized spacial score (nSPS) is 10.6. The Hall–Kier alpha value is -3.06. The first-order chi connectivity index (χ1) is 10.7. The molecule has 1 amide bonds. The number of aromatic nitrogens is 3. The Labute approximate surface area is 125 Å². The number of carbonyl (C=O) groups is 1. The second kappa shape index (κ2) is 5.74. The molecule has 7 heteroatoms. The van der Waals surface area contributed by atoms with E-state index in [-0.39, 0.29) is 22.4 Å². The van der Waals surface area contributed by atoms with Crippen LogP contribution in [0.15, 0.2) is 47.7 Å². The number of nitrogens with zero attached hydrogens (tertiary/aromatic N) is 2. The Balaban J connectivity index is 1.88. The number of fused-ring (bicyclic) bond motifs is 1. The highest BCUT2D eigenvalue weighted by Crippen LogP contribution is 2.12. The number of hydrogen-bond acceptors (Lipinski definition) is 5. The number of hydrogen-bond donors (Lipinski definition) is 3. The predicted octanol–water partition coefficient (Wildman–Crippen LogP) is 1.03. The van der Waals surface area contributed by atoms with E-state index in [1.807, 2.05) is 12.1 Å². The van der Waals surface area contributed by atoms with Crippen molar-refractivity contribution in [1.29, 1.82) is 0 Å². The lowest BCUT2D eigenvalue weighted by Gasteiger charge is -2.06. The number of H-pyrrole nitrogens is 1. The lowest BCUT2D eigenvalue weighted by atomic mass is 10.2. The van der Waals surface area contributed by atoms with Gasteiger partial charge >= 0.3 is 0 Å². The summed E-state index contributed by atoms with van der Waals surface area (Å²) in [6.07, 6.45) is 2.66. The van der Waals surface area contributed by atoms with Gasteiger partial charge in [-0.1, -0.05) is 12.1 Å².